The zero-order chi connectivity index (χ0) is 16.8. The number of hydrogen-bond donors (Lipinski definition) is 3. The molecule has 0 saturated carbocycles. The third kappa shape index (κ3) is 3.58. The van der Waals surface area contributed by atoms with Gasteiger partial charge in [-0.05, 0) is 12.1 Å². The minimum atomic E-state index is -0.444. The zero-order valence-corrected chi connectivity index (χ0v) is 12.6. The van der Waals surface area contributed by atoms with Crippen molar-refractivity contribution >= 4 is 17.1 Å². The SMILES string of the molecule is Nc1c(-c2ccccc2[N+](=O)[O-])cccc1N(CCO)CCO. The standard InChI is InChI=1S/C16H19N3O4/c17-16-13(12-4-1-2-6-14(12)19(22)23)5-3-7-15(16)18(8-10-20)9-11-21/h1-7,20-21H,8-11,17H2. The van der Waals surface area contributed by atoms with Gasteiger partial charge in [-0.25, -0.2) is 0 Å². The van der Waals surface area contributed by atoms with Crippen LogP contribution in [0.1, 0.15) is 0 Å². The maximum Gasteiger partial charge on any atom is 0.277 e. The van der Waals surface area contributed by atoms with Gasteiger partial charge in [0.25, 0.3) is 5.69 Å². The highest BCUT2D eigenvalue weighted by molar-refractivity contribution is 5.89. The van der Waals surface area contributed by atoms with Crippen LogP contribution in [0.2, 0.25) is 0 Å². The summed E-state index contributed by atoms with van der Waals surface area (Å²) in [4.78, 5) is 12.5. The predicted octanol–water partition coefficient (Wildman–Crippen LogP) is 1.63. The van der Waals surface area contributed by atoms with Crippen molar-refractivity contribution in [1.82, 2.24) is 0 Å². The van der Waals surface area contributed by atoms with Crippen LogP contribution in [0.3, 0.4) is 0 Å². The number of aliphatic hydroxyl groups excluding tert-OH is 2. The maximum absolute atomic E-state index is 11.2. The molecule has 23 heavy (non-hydrogen) atoms. The molecule has 7 heteroatoms. The van der Waals surface area contributed by atoms with Crippen molar-refractivity contribution in [3.63, 3.8) is 0 Å². The molecule has 0 aliphatic carbocycles. The first kappa shape index (κ1) is 16.7. The van der Waals surface area contributed by atoms with E-state index in [0.29, 0.717) is 35.6 Å². The molecule has 4 N–H and O–H groups in total. The van der Waals surface area contributed by atoms with Gasteiger partial charge in [-0.3, -0.25) is 10.1 Å². The third-order valence-corrected chi connectivity index (χ3v) is 3.55. The first-order valence-electron chi connectivity index (χ1n) is 7.19. The minimum Gasteiger partial charge on any atom is -0.397 e. The summed E-state index contributed by atoms with van der Waals surface area (Å²) in [6.45, 7) is 0.445. The summed E-state index contributed by atoms with van der Waals surface area (Å²) >= 11 is 0. The Morgan fingerprint density at radius 1 is 1.00 bits per heavy atom. The van der Waals surface area contributed by atoms with E-state index < -0.39 is 4.92 Å². The van der Waals surface area contributed by atoms with Crippen molar-refractivity contribution in [2.45, 2.75) is 0 Å². The lowest BCUT2D eigenvalue weighted by atomic mass is 10.0. The van der Waals surface area contributed by atoms with Gasteiger partial charge in [0.2, 0.25) is 0 Å². The quantitative estimate of drug-likeness (QED) is 0.406. The van der Waals surface area contributed by atoms with Gasteiger partial charge in [0.15, 0.2) is 0 Å². The summed E-state index contributed by atoms with van der Waals surface area (Å²) in [7, 11) is 0. The molecule has 0 bridgehead atoms. The van der Waals surface area contributed by atoms with Crippen molar-refractivity contribution < 1.29 is 15.1 Å². The second-order valence-corrected chi connectivity index (χ2v) is 4.95. The highest BCUT2D eigenvalue weighted by atomic mass is 16.6. The molecular formula is C16H19N3O4. The molecule has 0 amide bonds. The lowest BCUT2D eigenvalue weighted by Crippen LogP contribution is -2.30. The third-order valence-electron chi connectivity index (χ3n) is 3.55. The number of nitrogens with two attached hydrogens (primary N) is 1. The van der Waals surface area contributed by atoms with Crippen molar-refractivity contribution in [3.8, 4) is 11.1 Å². The second kappa shape index (κ2) is 7.57. The molecule has 0 atom stereocenters. The van der Waals surface area contributed by atoms with Crippen molar-refractivity contribution in [2.75, 3.05) is 36.9 Å². The van der Waals surface area contributed by atoms with Gasteiger partial charge >= 0.3 is 0 Å². The largest absolute Gasteiger partial charge is 0.397 e. The summed E-state index contributed by atoms with van der Waals surface area (Å²) in [5.74, 6) is 0. The maximum atomic E-state index is 11.2. The molecule has 0 spiro atoms. The number of anilines is 2. The minimum absolute atomic E-state index is 0.0211. The fraction of sp³-hybridized carbons (Fsp3) is 0.250. The zero-order valence-electron chi connectivity index (χ0n) is 12.6. The summed E-state index contributed by atoms with van der Waals surface area (Å²) in [5, 5.41) is 29.5. The first-order valence-corrected chi connectivity index (χ1v) is 7.19. The van der Waals surface area contributed by atoms with E-state index in [2.05, 4.69) is 0 Å². The number of nitro benzene ring substituents is 1. The number of nitrogen functional groups attached to an aromatic ring is 1. The highest BCUT2D eigenvalue weighted by Gasteiger charge is 2.19. The van der Waals surface area contributed by atoms with E-state index in [-0.39, 0.29) is 18.9 Å². The second-order valence-electron chi connectivity index (χ2n) is 4.95. The topological polar surface area (TPSA) is 113 Å². The molecule has 0 aromatic heterocycles. The fourth-order valence-corrected chi connectivity index (χ4v) is 2.52. The monoisotopic (exact) mass is 317 g/mol. The summed E-state index contributed by atoms with van der Waals surface area (Å²) in [6.07, 6.45) is 0. The summed E-state index contributed by atoms with van der Waals surface area (Å²) < 4.78 is 0. The van der Waals surface area contributed by atoms with Gasteiger partial charge < -0.3 is 20.8 Å². The van der Waals surface area contributed by atoms with Crippen molar-refractivity contribution in [3.05, 3.63) is 52.6 Å². The van der Waals surface area contributed by atoms with Crippen LogP contribution in [0, 0.1) is 10.1 Å². The molecule has 7 nitrogen and oxygen atoms in total. The Morgan fingerprint density at radius 2 is 1.61 bits per heavy atom. The normalized spacial score (nSPS) is 10.5. The molecule has 122 valence electrons. The number of nitro groups is 1. The van der Waals surface area contributed by atoms with E-state index in [4.69, 9.17) is 15.9 Å². The van der Waals surface area contributed by atoms with Gasteiger partial charge in [-0.15, -0.1) is 0 Å². The lowest BCUT2D eigenvalue weighted by Gasteiger charge is -2.25. The van der Waals surface area contributed by atoms with E-state index in [9.17, 15) is 10.1 Å². The highest BCUT2D eigenvalue weighted by Crippen LogP contribution is 2.38. The van der Waals surface area contributed by atoms with Crippen LogP contribution >= 0.6 is 0 Å². The Hall–Kier alpha value is -2.64. The molecule has 0 saturated heterocycles. The van der Waals surface area contributed by atoms with Crippen molar-refractivity contribution in [2.24, 2.45) is 0 Å². The van der Waals surface area contributed by atoms with Gasteiger partial charge in [0, 0.05) is 24.7 Å². The first-order chi connectivity index (χ1) is 11.1. The lowest BCUT2D eigenvalue weighted by molar-refractivity contribution is -0.384. The van der Waals surface area contributed by atoms with Crippen LogP contribution in [-0.2, 0) is 0 Å². The molecule has 0 aliphatic heterocycles. The average Bonchev–Trinajstić information content (AvgIpc) is 2.55. The van der Waals surface area contributed by atoms with E-state index in [1.807, 2.05) is 0 Å². The van der Waals surface area contributed by atoms with Gasteiger partial charge in [0.1, 0.15) is 0 Å². The van der Waals surface area contributed by atoms with E-state index in [1.165, 1.54) is 6.07 Å². The molecular weight excluding hydrogens is 298 g/mol. The van der Waals surface area contributed by atoms with Gasteiger partial charge in [0.05, 0.1) is 35.1 Å². The van der Waals surface area contributed by atoms with Crippen LogP contribution in [0.4, 0.5) is 17.1 Å². The molecule has 2 rings (SSSR count). The molecule has 2 aromatic carbocycles. The van der Waals surface area contributed by atoms with Crippen LogP contribution in [-0.4, -0.2) is 41.4 Å². The molecule has 0 heterocycles. The Labute approximate surface area is 133 Å². The number of para-hydroxylation sites is 2. The summed E-state index contributed by atoms with van der Waals surface area (Å²) in [6, 6.07) is 11.6. The van der Waals surface area contributed by atoms with Crippen molar-refractivity contribution in [1.29, 1.82) is 0 Å². The number of rotatable bonds is 7. The average molecular weight is 317 g/mol. The Kier molecular flexibility index (Phi) is 5.51. The van der Waals surface area contributed by atoms with Crippen LogP contribution < -0.4 is 10.6 Å². The smallest absolute Gasteiger partial charge is 0.277 e. The Bertz CT molecular complexity index is 685. The fourth-order valence-electron chi connectivity index (χ4n) is 2.52. The van der Waals surface area contributed by atoms with E-state index in [1.54, 1.807) is 41.3 Å². The van der Waals surface area contributed by atoms with Gasteiger partial charge in [-0.1, -0.05) is 24.3 Å². The van der Waals surface area contributed by atoms with E-state index in [0.717, 1.165) is 0 Å². The van der Waals surface area contributed by atoms with Crippen LogP contribution in [0.25, 0.3) is 11.1 Å². The molecule has 2 aromatic rings. The Balaban J connectivity index is 2.54. The predicted molar refractivity (Wildman–Crippen MR) is 89.3 cm³/mol. The van der Waals surface area contributed by atoms with Gasteiger partial charge in [-0.2, -0.15) is 0 Å². The summed E-state index contributed by atoms with van der Waals surface area (Å²) in [5.41, 5.74) is 8.19. The number of benzene rings is 2. The molecule has 0 unspecified atom stereocenters. The molecule has 0 radical (unpaired) electrons. The van der Waals surface area contributed by atoms with Crippen LogP contribution in [0.5, 0.6) is 0 Å². The van der Waals surface area contributed by atoms with E-state index >= 15 is 0 Å². The molecule has 0 aliphatic rings. The number of hydrogen-bond acceptors (Lipinski definition) is 6. The number of nitrogens with zero attached hydrogens (tertiary/aromatic N) is 2. The number of aliphatic hydroxyl groups is 2. The molecule has 0 fully saturated rings. The Morgan fingerprint density at radius 3 is 2.22 bits per heavy atom. The van der Waals surface area contributed by atoms with Crippen LogP contribution in [0.15, 0.2) is 42.5 Å².